The second kappa shape index (κ2) is 4.72. The number of fused-ring (bicyclic) bond motifs is 3. The van der Waals surface area contributed by atoms with Crippen LogP contribution in [0.25, 0.3) is 21.9 Å². The van der Waals surface area contributed by atoms with Gasteiger partial charge in [-0.15, -0.1) is 0 Å². The van der Waals surface area contributed by atoms with Gasteiger partial charge < -0.3 is 15.6 Å². The lowest BCUT2D eigenvalue weighted by atomic mass is 10.1. The Hall–Kier alpha value is -2.21. The smallest absolute Gasteiger partial charge is 0.143 e. The van der Waals surface area contributed by atoms with Gasteiger partial charge in [-0.1, -0.05) is 0 Å². The van der Waals surface area contributed by atoms with Crippen molar-refractivity contribution >= 4 is 27.8 Å². The number of nitrogens with one attached hydrogen (secondary N) is 3. The van der Waals surface area contributed by atoms with Crippen LogP contribution >= 0.6 is 0 Å². The summed E-state index contributed by atoms with van der Waals surface area (Å²) in [6, 6.07) is 2.48. The summed E-state index contributed by atoms with van der Waals surface area (Å²) in [5.41, 5.74) is 1.86. The van der Waals surface area contributed by atoms with E-state index in [9.17, 15) is 0 Å². The minimum Gasteiger partial charge on any atom is -0.367 e. The molecule has 1 saturated heterocycles. The molecule has 3 aromatic heterocycles. The fraction of sp³-hybridized carbons (Fsp3) is 0.357. The Morgan fingerprint density at radius 3 is 3.00 bits per heavy atom. The van der Waals surface area contributed by atoms with Crippen molar-refractivity contribution in [3.05, 3.63) is 24.8 Å². The molecule has 0 unspecified atom stereocenters. The maximum absolute atomic E-state index is 4.44. The van der Waals surface area contributed by atoms with E-state index in [1.807, 2.05) is 12.3 Å². The lowest BCUT2D eigenvalue weighted by Gasteiger charge is -2.24. The third kappa shape index (κ3) is 1.89. The summed E-state index contributed by atoms with van der Waals surface area (Å²) in [7, 11) is 0. The average molecular weight is 268 g/mol. The van der Waals surface area contributed by atoms with E-state index in [4.69, 9.17) is 0 Å². The molecule has 0 bridgehead atoms. The van der Waals surface area contributed by atoms with Gasteiger partial charge in [0.05, 0.1) is 17.1 Å². The third-order valence-electron chi connectivity index (χ3n) is 3.87. The number of rotatable bonds is 2. The number of pyridine rings is 1. The molecule has 0 radical (unpaired) electrons. The molecule has 3 N–H and O–H groups in total. The predicted octanol–water partition coefficient (Wildman–Crippen LogP) is 1.67. The van der Waals surface area contributed by atoms with Gasteiger partial charge in [-0.3, -0.25) is 4.98 Å². The Kier molecular flexibility index (Phi) is 2.74. The number of H-pyrrole nitrogens is 1. The zero-order valence-corrected chi connectivity index (χ0v) is 11.1. The first-order chi connectivity index (χ1) is 9.92. The number of anilines is 1. The molecule has 1 aliphatic rings. The number of hydrogen-bond donors (Lipinski definition) is 3. The van der Waals surface area contributed by atoms with Crippen molar-refractivity contribution in [2.24, 2.45) is 0 Å². The van der Waals surface area contributed by atoms with Crippen molar-refractivity contribution in [2.45, 2.75) is 18.9 Å². The highest BCUT2D eigenvalue weighted by Gasteiger charge is 2.16. The maximum atomic E-state index is 4.44. The first-order valence-electron chi connectivity index (χ1n) is 6.95. The van der Waals surface area contributed by atoms with E-state index < -0.39 is 0 Å². The zero-order valence-electron chi connectivity index (χ0n) is 11.1. The highest BCUT2D eigenvalue weighted by molar-refractivity contribution is 6.10. The molecule has 3 aromatic rings. The maximum Gasteiger partial charge on any atom is 0.143 e. The summed E-state index contributed by atoms with van der Waals surface area (Å²) in [6.07, 6.45) is 7.47. The van der Waals surface area contributed by atoms with Gasteiger partial charge in [0.2, 0.25) is 0 Å². The minimum absolute atomic E-state index is 0.473. The fourth-order valence-electron chi connectivity index (χ4n) is 2.84. The van der Waals surface area contributed by atoms with Crippen molar-refractivity contribution in [1.29, 1.82) is 0 Å². The van der Waals surface area contributed by atoms with Gasteiger partial charge in [0, 0.05) is 17.6 Å². The van der Waals surface area contributed by atoms with Crippen molar-refractivity contribution in [3.63, 3.8) is 0 Å². The van der Waals surface area contributed by atoms with E-state index in [-0.39, 0.29) is 0 Å². The monoisotopic (exact) mass is 268 g/mol. The second-order valence-corrected chi connectivity index (χ2v) is 5.16. The standard InChI is InChI=1S/C14H16N6/c1-4-15-5-2-9(1)19-13-12-10-3-6-16-7-11(10)20-14(12)18-8-17-13/h3,6-9,15H,1-2,4-5H2,(H2,17,18,19,20). The van der Waals surface area contributed by atoms with Crippen LogP contribution in [-0.2, 0) is 0 Å². The number of nitrogens with zero attached hydrogens (tertiary/aromatic N) is 3. The van der Waals surface area contributed by atoms with Crippen LogP contribution in [-0.4, -0.2) is 39.1 Å². The normalized spacial score (nSPS) is 16.8. The zero-order chi connectivity index (χ0) is 13.4. The summed E-state index contributed by atoms with van der Waals surface area (Å²) < 4.78 is 0. The molecular weight excluding hydrogens is 252 g/mol. The highest BCUT2D eigenvalue weighted by Crippen LogP contribution is 2.28. The molecule has 0 saturated carbocycles. The SMILES string of the molecule is c1cc2c(cn1)[nH]c1ncnc(NC3CCNCC3)c12. The first-order valence-corrected chi connectivity index (χ1v) is 6.95. The van der Waals surface area contributed by atoms with E-state index in [0.717, 1.165) is 53.7 Å². The molecule has 6 heteroatoms. The van der Waals surface area contributed by atoms with Crippen LogP contribution in [0.1, 0.15) is 12.8 Å². The van der Waals surface area contributed by atoms with E-state index >= 15 is 0 Å². The van der Waals surface area contributed by atoms with Crippen molar-refractivity contribution in [1.82, 2.24) is 25.3 Å². The van der Waals surface area contributed by atoms with E-state index in [1.165, 1.54) is 0 Å². The first kappa shape index (κ1) is 11.6. The molecule has 0 amide bonds. The molecule has 0 aliphatic carbocycles. The molecule has 0 spiro atoms. The van der Waals surface area contributed by atoms with Crippen LogP contribution in [0.5, 0.6) is 0 Å². The van der Waals surface area contributed by atoms with Crippen molar-refractivity contribution in [3.8, 4) is 0 Å². The quantitative estimate of drug-likeness (QED) is 0.659. The molecule has 1 aliphatic heterocycles. The van der Waals surface area contributed by atoms with Crippen molar-refractivity contribution in [2.75, 3.05) is 18.4 Å². The Morgan fingerprint density at radius 2 is 2.10 bits per heavy atom. The van der Waals surface area contributed by atoms with Crippen LogP contribution in [0, 0.1) is 0 Å². The fourth-order valence-corrected chi connectivity index (χ4v) is 2.84. The number of aromatic amines is 1. The van der Waals surface area contributed by atoms with E-state index in [1.54, 1.807) is 12.5 Å². The number of hydrogen-bond acceptors (Lipinski definition) is 5. The average Bonchev–Trinajstić information content (AvgIpc) is 2.88. The highest BCUT2D eigenvalue weighted by atomic mass is 15.1. The van der Waals surface area contributed by atoms with E-state index in [2.05, 4.69) is 30.6 Å². The minimum atomic E-state index is 0.473. The third-order valence-corrected chi connectivity index (χ3v) is 3.87. The van der Waals surface area contributed by atoms with Crippen LogP contribution in [0.15, 0.2) is 24.8 Å². The van der Waals surface area contributed by atoms with Gasteiger partial charge in [0.1, 0.15) is 17.8 Å². The van der Waals surface area contributed by atoms with Gasteiger partial charge >= 0.3 is 0 Å². The number of piperidine rings is 1. The lowest BCUT2D eigenvalue weighted by Crippen LogP contribution is -2.35. The Morgan fingerprint density at radius 1 is 1.20 bits per heavy atom. The summed E-state index contributed by atoms with van der Waals surface area (Å²) in [4.78, 5) is 16.2. The molecule has 4 heterocycles. The van der Waals surface area contributed by atoms with E-state index in [0.29, 0.717) is 6.04 Å². The van der Waals surface area contributed by atoms with Crippen LogP contribution < -0.4 is 10.6 Å². The summed E-state index contributed by atoms with van der Waals surface area (Å²) in [5, 5.41) is 9.12. The molecular formula is C14H16N6. The molecule has 4 rings (SSSR count). The van der Waals surface area contributed by atoms with Gasteiger partial charge in [-0.05, 0) is 32.0 Å². The Bertz CT molecular complexity index is 744. The second-order valence-electron chi connectivity index (χ2n) is 5.16. The molecule has 1 fully saturated rings. The van der Waals surface area contributed by atoms with Crippen molar-refractivity contribution < 1.29 is 0 Å². The Labute approximate surface area is 116 Å². The molecule has 0 atom stereocenters. The summed E-state index contributed by atoms with van der Waals surface area (Å²) in [5.74, 6) is 0.916. The van der Waals surface area contributed by atoms with Gasteiger partial charge in [-0.25, -0.2) is 9.97 Å². The van der Waals surface area contributed by atoms with Crippen LogP contribution in [0.2, 0.25) is 0 Å². The topological polar surface area (TPSA) is 78.5 Å². The summed E-state index contributed by atoms with van der Waals surface area (Å²) >= 11 is 0. The number of aromatic nitrogens is 4. The van der Waals surface area contributed by atoms with Gasteiger partial charge in [0.25, 0.3) is 0 Å². The lowest BCUT2D eigenvalue weighted by molar-refractivity contribution is 0.478. The van der Waals surface area contributed by atoms with Crippen LogP contribution in [0.4, 0.5) is 5.82 Å². The van der Waals surface area contributed by atoms with Crippen LogP contribution in [0.3, 0.4) is 0 Å². The van der Waals surface area contributed by atoms with Gasteiger partial charge in [0.15, 0.2) is 0 Å². The Balaban J connectivity index is 1.81. The predicted molar refractivity (Wildman–Crippen MR) is 78.7 cm³/mol. The molecule has 20 heavy (non-hydrogen) atoms. The molecule has 6 nitrogen and oxygen atoms in total. The van der Waals surface area contributed by atoms with Gasteiger partial charge in [-0.2, -0.15) is 0 Å². The molecule has 102 valence electrons. The summed E-state index contributed by atoms with van der Waals surface area (Å²) in [6.45, 7) is 2.12. The largest absolute Gasteiger partial charge is 0.367 e. The molecule has 0 aromatic carbocycles.